The van der Waals surface area contributed by atoms with E-state index in [-0.39, 0.29) is 31.2 Å². The SMILES string of the molecule is CCCCOCCOCC(=O)CCC(=O)OCC. The number of carbonyl (C=O) groups excluding carboxylic acids is 2. The van der Waals surface area contributed by atoms with Crippen molar-refractivity contribution in [2.75, 3.05) is 33.0 Å². The number of rotatable bonds is 12. The molecular formula is C13H24O5. The van der Waals surface area contributed by atoms with Crippen LogP contribution in [0.5, 0.6) is 0 Å². The molecule has 106 valence electrons. The molecule has 0 radical (unpaired) electrons. The quantitative estimate of drug-likeness (QED) is 0.395. The Bertz CT molecular complexity index is 227. The van der Waals surface area contributed by atoms with E-state index in [0.29, 0.717) is 19.8 Å². The Morgan fingerprint density at radius 1 is 0.944 bits per heavy atom. The summed E-state index contributed by atoms with van der Waals surface area (Å²) in [6, 6.07) is 0. The number of carbonyl (C=O) groups is 2. The Morgan fingerprint density at radius 2 is 1.67 bits per heavy atom. The van der Waals surface area contributed by atoms with Crippen molar-refractivity contribution in [1.82, 2.24) is 0 Å². The van der Waals surface area contributed by atoms with Crippen LogP contribution in [-0.2, 0) is 23.8 Å². The van der Waals surface area contributed by atoms with Crippen molar-refractivity contribution in [3.05, 3.63) is 0 Å². The van der Waals surface area contributed by atoms with Crippen LogP contribution in [0.4, 0.5) is 0 Å². The predicted octanol–water partition coefficient (Wildman–Crippen LogP) is 1.73. The van der Waals surface area contributed by atoms with E-state index >= 15 is 0 Å². The van der Waals surface area contributed by atoms with Crippen molar-refractivity contribution in [2.24, 2.45) is 0 Å². The maximum atomic E-state index is 11.3. The lowest BCUT2D eigenvalue weighted by Crippen LogP contribution is -2.14. The molecular weight excluding hydrogens is 236 g/mol. The Kier molecular flexibility index (Phi) is 11.9. The Morgan fingerprint density at radius 3 is 2.33 bits per heavy atom. The molecule has 0 saturated carbocycles. The van der Waals surface area contributed by atoms with Crippen molar-refractivity contribution in [3.8, 4) is 0 Å². The minimum Gasteiger partial charge on any atom is -0.466 e. The summed E-state index contributed by atoms with van der Waals surface area (Å²) in [6.45, 7) is 5.87. The van der Waals surface area contributed by atoms with Crippen molar-refractivity contribution < 1.29 is 23.8 Å². The van der Waals surface area contributed by atoms with Crippen molar-refractivity contribution in [2.45, 2.75) is 39.5 Å². The minimum atomic E-state index is -0.339. The maximum absolute atomic E-state index is 11.3. The third-order valence-electron chi connectivity index (χ3n) is 2.19. The third-order valence-corrected chi connectivity index (χ3v) is 2.19. The molecule has 0 rings (SSSR count). The van der Waals surface area contributed by atoms with E-state index in [1.807, 2.05) is 0 Å². The lowest BCUT2D eigenvalue weighted by atomic mass is 10.2. The van der Waals surface area contributed by atoms with Crippen LogP contribution in [0.15, 0.2) is 0 Å². The zero-order valence-electron chi connectivity index (χ0n) is 11.4. The van der Waals surface area contributed by atoms with E-state index in [1.54, 1.807) is 6.92 Å². The van der Waals surface area contributed by atoms with Crippen molar-refractivity contribution in [1.29, 1.82) is 0 Å². The summed E-state index contributed by atoms with van der Waals surface area (Å²) in [7, 11) is 0. The topological polar surface area (TPSA) is 61.8 Å². The van der Waals surface area contributed by atoms with E-state index in [0.717, 1.165) is 19.4 Å². The molecule has 0 bridgehead atoms. The van der Waals surface area contributed by atoms with Crippen LogP contribution in [0.25, 0.3) is 0 Å². The van der Waals surface area contributed by atoms with E-state index in [1.165, 1.54) is 0 Å². The van der Waals surface area contributed by atoms with Gasteiger partial charge in [0.1, 0.15) is 6.61 Å². The molecule has 0 aliphatic heterocycles. The third kappa shape index (κ3) is 11.5. The zero-order chi connectivity index (χ0) is 13.6. The van der Waals surface area contributed by atoms with Gasteiger partial charge in [0, 0.05) is 13.0 Å². The number of esters is 1. The summed E-state index contributed by atoms with van der Waals surface area (Å²) in [4.78, 5) is 22.3. The van der Waals surface area contributed by atoms with E-state index in [9.17, 15) is 9.59 Å². The van der Waals surface area contributed by atoms with Crippen LogP contribution in [-0.4, -0.2) is 44.8 Å². The molecule has 5 heteroatoms. The Hall–Kier alpha value is -0.940. The van der Waals surface area contributed by atoms with Gasteiger partial charge in [0.05, 0.1) is 26.2 Å². The molecule has 0 aromatic carbocycles. The summed E-state index contributed by atoms with van der Waals surface area (Å²) >= 11 is 0. The first-order valence-corrected chi connectivity index (χ1v) is 6.53. The normalized spacial score (nSPS) is 10.3. The Labute approximate surface area is 109 Å². The van der Waals surface area contributed by atoms with Crippen LogP contribution in [0, 0.1) is 0 Å². The molecule has 18 heavy (non-hydrogen) atoms. The second-order valence-corrected chi connectivity index (χ2v) is 3.86. The largest absolute Gasteiger partial charge is 0.466 e. The highest BCUT2D eigenvalue weighted by Gasteiger charge is 2.07. The average Bonchev–Trinajstić information content (AvgIpc) is 2.35. The predicted molar refractivity (Wildman–Crippen MR) is 67.4 cm³/mol. The Balaban J connectivity index is 3.29. The lowest BCUT2D eigenvalue weighted by molar-refractivity contribution is -0.144. The fraction of sp³-hybridized carbons (Fsp3) is 0.846. The van der Waals surface area contributed by atoms with Gasteiger partial charge in [-0.15, -0.1) is 0 Å². The zero-order valence-corrected chi connectivity index (χ0v) is 11.4. The summed E-state index contributed by atoms with van der Waals surface area (Å²) in [5, 5.41) is 0. The molecule has 0 aliphatic carbocycles. The first-order valence-electron chi connectivity index (χ1n) is 6.53. The first-order chi connectivity index (χ1) is 8.70. The molecule has 0 saturated heterocycles. The highest BCUT2D eigenvalue weighted by Crippen LogP contribution is 1.95. The van der Waals surface area contributed by atoms with Gasteiger partial charge in [0.15, 0.2) is 5.78 Å². The number of ether oxygens (including phenoxy) is 3. The van der Waals surface area contributed by atoms with Crippen LogP contribution in [0.2, 0.25) is 0 Å². The van der Waals surface area contributed by atoms with Gasteiger partial charge in [-0.3, -0.25) is 9.59 Å². The molecule has 0 atom stereocenters. The van der Waals surface area contributed by atoms with Crippen molar-refractivity contribution in [3.63, 3.8) is 0 Å². The number of hydrogen-bond acceptors (Lipinski definition) is 5. The van der Waals surface area contributed by atoms with Gasteiger partial charge in [-0.2, -0.15) is 0 Å². The number of ketones is 1. The van der Waals surface area contributed by atoms with Crippen LogP contribution in [0.3, 0.4) is 0 Å². The van der Waals surface area contributed by atoms with E-state index < -0.39 is 0 Å². The first kappa shape index (κ1) is 17.1. The second-order valence-electron chi connectivity index (χ2n) is 3.86. The molecule has 0 heterocycles. The van der Waals surface area contributed by atoms with Crippen LogP contribution >= 0.6 is 0 Å². The maximum Gasteiger partial charge on any atom is 0.306 e. The van der Waals surface area contributed by atoms with Crippen molar-refractivity contribution >= 4 is 11.8 Å². The monoisotopic (exact) mass is 260 g/mol. The fourth-order valence-electron chi connectivity index (χ4n) is 1.20. The summed E-state index contributed by atoms with van der Waals surface area (Å²) in [5.41, 5.74) is 0. The average molecular weight is 260 g/mol. The van der Waals surface area contributed by atoms with Crippen LogP contribution < -0.4 is 0 Å². The van der Waals surface area contributed by atoms with Crippen LogP contribution in [0.1, 0.15) is 39.5 Å². The molecule has 0 N–H and O–H groups in total. The number of hydrogen-bond donors (Lipinski definition) is 0. The van der Waals surface area contributed by atoms with Gasteiger partial charge in [-0.25, -0.2) is 0 Å². The summed E-state index contributed by atoms with van der Waals surface area (Å²) < 4.78 is 15.1. The smallest absolute Gasteiger partial charge is 0.306 e. The second kappa shape index (κ2) is 12.5. The van der Waals surface area contributed by atoms with Gasteiger partial charge in [-0.05, 0) is 13.3 Å². The molecule has 0 fully saturated rings. The molecule has 0 unspecified atom stereocenters. The van der Waals surface area contributed by atoms with E-state index in [4.69, 9.17) is 14.2 Å². The standard InChI is InChI=1S/C13H24O5/c1-3-5-8-16-9-10-17-11-12(14)6-7-13(15)18-4-2/h3-11H2,1-2H3. The molecule has 0 amide bonds. The molecule has 0 aromatic heterocycles. The molecule has 0 spiro atoms. The van der Waals surface area contributed by atoms with E-state index in [2.05, 4.69) is 6.92 Å². The van der Waals surface area contributed by atoms with Gasteiger partial charge in [0.25, 0.3) is 0 Å². The van der Waals surface area contributed by atoms with Gasteiger partial charge in [-0.1, -0.05) is 13.3 Å². The van der Waals surface area contributed by atoms with Gasteiger partial charge < -0.3 is 14.2 Å². The summed E-state index contributed by atoms with van der Waals surface area (Å²) in [5.74, 6) is -0.426. The highest BCUT2D eigenvalue weighted by atomic mass is 16.5. The highest BCUT2D eigenvalue weighted by molar-refractivity contribution is 5.83. The summed E-state index contributed by atoms with van der Waals surface area (Å²) in [6.07, 6.45) is 2.45. The lowest BCUT2D eigenvalue weighted by Gasteiger charge is -2.05. The van der Waals surface area contributed by atoms with Gasteiger partial charge in [0.2, 0.25) is 0 Å². The minimum absolute atomic E-state index is 0.0382. The molecule has 5 nitrogen and oxygen atoms in total. The number of unbranched alkanes of at least 4 members (excludes halogenated alkanes) is 1. The molecule has 0 aliphatic rings. The molecule has 0 aromatic rings. The number of Topliss-reactive ketones (excluding diaryl/α,β-unsaturated/α-hetero) is 1. The fourth-order valence-corrected chi connectivity index (χ4v) is 1.20. The van der Waals surface area contributed by atoms with Gasteiger partial charge >= 0.3 is 5.97 Å².